The summed E-state index contributed by atoms with van der Waals surface area (Å²) in [4.78, 5) is 30.6. The fourth-order valence-corrected chi connectivity index (χ4v) is 3.46. The summed E-state index contributed by atoms with van der Waals surface area (Å²) >= 11 is 0. The number of hydrogen-bond acceptors (Lipinski definition) is 5. The second-order valence-corrected chi connectivity index (χ2v) is 8.74. The molecule has 1 aromatic carbocycles. The van der Waals surface area contributed by atoms with E-state index in [1.807, 2.05) is 36.4 Å². The third kappa shape index (κ3) is 4.80. The van der Waals surface area contributed by atoms with Crippen molar-refractivity contribution < 1.29 is 14.3 Å². The third-order valence-corrected chi connectivity index (χ3v) is 5.20. The van der Waals surface area contributed by atoms with E-state index >= 15 is 0 Å². The first kappa shape index (κ1) is 21.5. The summed E-state index contributed by atoms with van der Waals surface area (Å²) in [5, 5.41) is 7.52. The van der Waals surface area contributed by atoms with Crippen LogP contribution in [-0.2, 0) is 15.0 Å². The molecule has 166 valence electrons. The van der Waals surface area contributed by atoms with Gasteiger partial charge in [-0.25, -0.2) is 4.98 Å². The average molecular weight is 434 g/mol. The van der Waals surface area contributed by atoms with Crippen LogP contribution in [-0.4, -0.2) is 39.7 Å². The number of pyridine rings is 1. The summed E-state index contributed by atoms with van der Waals surface area (Å²) in [6.07, 6.45) is 3.15. The Hall–Kier alpha value is -3.68. The molecule has 0 radical (unpaired) electrons. The zero-order valence-corrected chi connectivity index (χ0v) is 18.5. The summed E-state index contributed by atoms with van der Waals surface area (Å²) in [5.74, 6) is 1.54. The monoisotopic (exact) mass is 433 g/mol. The van der Waals surface area contributed by atoms with Gasteiger partial charge in [0.25, 0.3) is 5.91 Å². The smallest absolute Gasteiger partial charge is 0.263 e. The second-order valence-electron chi connectivity index (χ2n) is 8.74. The molecule has 1 aliphatic rings. The Morgan fingerprint density at radius 3 is 2.56 bits per heavy atom. The zero-order chi connectivity index (χ0) is 22.7. The summed E-state index contributed by atoms with van der Waals surface area (Å²) in [7, 11) is 0. The number of aromatic nitrogens is 3. The van der Waals surface area contributed by atoms with Crippen LogP contribution in [0.3, 0.4) is 0 Å². The number of carbonyl (C=O) groups excluding carboxylic acids is 2. The largest absolute Gasteiger partial charge is 0.484 e. The molecule has 0 spiro atoms. The molecule has 1 fully saturated rings. The van der Waals surface area contributed by atoms with Crippen LogP contribution in [0, 0.1) is 0 Å². The molecule has 0 saturated carbocycles. The van der Waals surface area contributed by atoms with Crippen molar-refractivity contribution in [3.8, 4) is 11.6 Å². The highest BCUT2D eigenvalue weighted by Gasteiger charge is 2.23. The van der Waals surface area contributed by atoms with Gasteiger partial charge in [0.05, 0.1) is 5.69 Å². The standard InChI is InChI=1S/C24H27N5O3/c1-24(2,3)19-15-21(29(27-19)20-7-4-5-13-25-20)26-22(30)16-32-18-11-9-17(10-12-18)28-14-6-8-23(28)31/h4-5,7,9-13,15H,6,8,14,16H2,1-3H3,(H,26,30). The predicted molar refractivity (Wildman–Crippen MR) is 122 cm³/mol. The Morgan fingerprint density at radius 1 is 1.16 bits per heavy atom. The van der Waals surface area contributed by atoms with E-state index in [1.54, 1.807) is 27.9 Å². The second kappa shape index (κ2) is 8.82. The van der Waals surface area contributed by atoms with Crippen LogP contribution in [0.2, 0.25) is 0 Å². The van der Waals surface area contributed by atoms with Gasteiger partial charge in [0, 0.05) is 36.3 Å². The van der Waals surface area contributed by atoms with Crippen LogP contribution in [0.15, 0.2) is 54.7 Å². The average Bonchev–Trinajstić information content (AvgIpc) is 3.39. The molecule has 0 aliphatic carbocycles. The Kier molecular flexibility index (Phi) is 5.94. The van der Waals surface area contributed by atoms with Crippen LogP contribution >= 0.6 is 0 Å². The lowest BCUT2D eigenvalue weighted by Crippen LogP contribution is -2.23. The van der Waals surface area contributed by atoms with Gasteiger partial charge in [-0.15, -0.1) is 0 Å². The lowest BCUT2D eigenvalue weighted by atomic mass is 9.92. The van der Waals surface area contributed by atoms with Gasteiger partial charge >= 0.3 is 0 Å². The number of hydrogen-bond donors (Lipinski definition) is 1. The van der Waals surface area contributed by atoms with Crippen molar-refractivity contribution >= 4 is 23.3 Å². The van der Waals surface area contributed by atoms with E-state index < -0.39 is 0 Å². The van der Waals surface area contributed by atoms with Crippen molar-refractivity contribution in [3.05, 3.63) is 60.4 Å². The number of anilines is 2. The summed E-state index contributed by atoms with van der Waals surface area (Å²) in [6.45, 7) is 6.77. The maximum Gasteiger partial charge on any atom is 0.263 e. The summed E-state index contributed by atoms with van der Waals surface area (Å²) in [6, 6.07) is 14.6. The van der Waals surface area contributed by atoms with E-state index in [0.29, 0.717) is 23.8 Å². The van der Waals surface area contributed by atoms with Gasteiger partial charge in [0.15, 0.2) is 12.4 Å². The lowest BCUT2D eigenvalue weighted by molar-refractivity contribution is -0.118. The first-order valence-corrected chi connectivity index (χ1v) is 10.7. The number of benzene rings is 1. The molecule has 3 heterocycles. The number of nitrogens with one attached hydrogen (secondary N) is 1. The van der Waals surface area contributed by atoms with Crippen molar-refractivity contribution in [2.75, 3.05) is 23.4 Å². The predicted octanol–water partition coefficient (Wildman–Crippen LogP) is 3.71. The molecule has 1 aliphatic heterocycles. The lowest BCUT2D eigenvalue weighted by Gasteiger charge is -2.16. The van der Waals surface area contributed by atoms with Crippen molar-refractivity contribution in [1.29, 1.82) is 0 Å². The Morgan fingerprint density at radius 2 is 1.94 bits per heavy atom. The minimum atomic E-state index is -0.304. The molecule has 32 heavy (non-hydrogen) atoms. The molecular weight excluding hydrogens is 406 g/mol. The van der Waals surface area contributed by atoms with Crippen LogP contribution in [0.1, 0.15) is 39.3 Å². The van der Waals surface area contributed by atoms with Gasteiger partial charge < -0.3 is 15.0 Å². The maximum absolute atomic E-state index is 12.6. The molecule has 1 N–H and O–H groups in total. The third-order valence-electron chi connectivity index (χ3n) is 5.20. The SMILES string of the molecule is CC(C)(C)c1cc(NC(=O)COc2ccc(N3CCCC3=O)cc2)n(-c2ccccn2)n1. The molecular formula is C24H27N5O3. The number of amides is 2. The fourth-order valence-electron chi connectivity index (χ4n) is 3.46. The minimum absolute atomic E-state index is 0.136. The topological polar surface area (TPSA) is 89.4 Å². The van der Waals surface area contributed by atoms with Gasteiger partial charge in [0.2, 0.25) is 5.91 Å². The first-order valence-electron chi connectivity index (χ1n) is 10.7. The van der Waals surface area contributed by atoms with Crippen molar-refractivity contribution in [2.45, 2.75) is 39.0 Å². The fraction of sp³-hybridized carbons (Fsp3) is 0.333. The Balaban J connectivity index is 1.43. The van der Waals surface area contributed by atoms with Crippen molar-refractivity contribution in [2.24, 2.45) is 0 Å². The van der Waals surface area contributed by atoms with Crippen LogP contribution in [0.5, 0.6) is 5.75 Å². The van der Waals surface area contributed by atoms with E-state index in [2.05, 4.69) is 36.2 Å². The van der Waals surface area contributed by atoms with Crippen LogP contribution in [0.25, 0.3) is 5.82 Å². The van der Waals surface area contributed by atoms with E-state index in [1.165, 1.54) is 0 Å². The van der Waals surface area contributed by atoms with Gasteiger partial charge in [-0.2, -0.15) is 9.78 Å². The van der Waals surface area contributed by atoms with Crippen molar-refractivity contribution in [3.63, 3.8) is 0 Å². The van der Waals surface area contributed by atoms with Gasteiger partial charge in [-0.05, 0) is 42.8 Å². The molecule has 2 amide bonds. The zero-order valence-electron chi connectivity index (χ0n) is 18.5. The quantitative estimate of drug-likeness (QED) is 0.640. The molecule has 8 heteroatoms. The number of nitrogens with zero attached hydrogens (tertiary/aromatic N) is 4. The highest BCUT2D eigenvalue weighted by Crippen LogP contribution is 2.26. The highest BCUT2D eigenvalue weighted by atomic mass is 16.5. The summed E-state index contributed by atoms with van der Waals surface area (Å²) < 4.78 is 7.27. The Labute approximate surface area is 187 Å². The molecule has 3 aromatic rings. The first-order chi connectivity index (χ1) is 15.3. The number of ether oxygens (including phenoxy) is 1. The van der Waals surface area contributed by atoms with Gasteiger partial charge in [-0.1, -0.05) is 26.8 Å². The van der Waals surface area contributed by atoms with E-state index in [0.717, 1.165) is 24.3 Å². The van der Waals surface area contributed by atoms with Crippen LogP contribution in [0.4, 0.5) is 11.5 Å². The molecule has 4 rings (SSSR count). The summed E-state index contributed by atoms with van der Waals surface area (Å²) in [5.41, 5.74) is 1.50. The number of carbonyl (C=O) groups is 2. The van der Waals surface area contributed by atoms with Gasteiger partial charge in [-0.3, -0.25) is 9.59 Å². The molecule has 0 unspecified atom stereocenters. The van der Waals surface area contributed by atoms with Crippen LogP contribution < -0.4 is 15.0 Å². The molecule has 0 bridgehead atoms. The molecule has 0 atom stereocenters. The van der Waals surface area contributed by atoms with Crippen molar-refractivity contribution in [1.82, 2.24) is 14.8 Å². The van der Waals surface area contributed by atoms with E-state index in [-0.39, 0.29) is 23.8 Å². The Bertz CT molecular complexity index is 1100. The van der Waals surface area contributed by atoms with E-state index in [9.17, 15) is 9.59 Å². The normalized spacial score (nSPS) is 14.0. The minimum Gasteiger partial charge on any atom is -0.484 e. The maximum atomic E-state index is 12.6. The van der Waals surface area contributed by atoms with Gasteiger partial charge in [0.1, 0.15) is 11.6 Å². The molecule has 8 nitrogen and oxygen atoms in total. The number of rotatable bonds is 6. The molecule has 1 saturated heterocycles. The van der Waals surface area contributed by atoms with E-state index in [4.69, 9.17) is 4.74 Å². The molecule has 2 aromatic heterocycles. The highest BCUT2D eigenvalue weighted by molar-refractivity contribution is 5.95.